The molecular formula is C12H12ClF2NO4. The van der Waals surface area contributed by atoms with Gasteiger partial charge < -0.3 is 15.2 Å². The van der Waals surface area contributed by atoms with Gasteiger partial charge in [0.1, 0.15) is 0 Å². The largest absolute Gasteiger partial charge is 0.467 e. The van der Waals surface area contributed by atoms with Crippen molar-refractivity contribution in [3.63, 3.8) is 0 Å². The summed E-state index contributed by atoms with van der Waals surface area (Å²) in [5, 5.41) is 7.88. The first-order chi connectivity index (χ1) is 9.29. The quantitative estimate of drug-likeness (QED) is 0.467. The van der Waals surface area contributed by atoms with Gasteiger partial charge in [0.2, 0.25) is 6.41 Å². The second-order valence-electron chi connectivity index (χ2n) is 3.87. The summed E-state index contributed by atoms with van der Waals surface area (Å²) in [6.07, 6.45) is -0.00186. The van der Waals surface area contributed by atoms with E-state index < -0.39 is 23.0 Å². The summed E-state index contributed by atoms with van der Waals surface area (Å²) in [7, 11) is 0.930. The number of carbonyl (C=O) groups is 2. The number of hydrogen-bond donors (Lipinski definition) is 2. The average Bonchev–Trinajstić information content (AvgIpc) is 2.43. The Morgan fingerprint density at radius 2 is 2.00 bits per heavy atom. The Balaban J connectivity index is 3.44. The fourth-order valence-electron chi connectivity index (χ4n) is 1.73. The normalized spacial score (nSPS) is 15.8. The monoisotopic (exact) mass is 307 g/mol. The molecule has 0 fully saturated rings. The topological polar surface area (TPSA) is 75.6 Å². The number of amides is 1. The Labute approximate surface area is 118 Å². The molecule has 0 aromatic heterocycles. The van der Waals surface area contributed by atoms with E-state index in [2.05, 4.69) is 4.74 Å². The van der Waals surface area contributed by atoms with Gasteiger partial charge in [-0.1, -0.05) is 30.3 Å². The molecule has 1 rings (SSSR count). The Morgan fingerprint density at radius 1 is 1.45 bits per heavy atom. The van der Waals surface area contributed by atoms with Crippen molar-refractivity contribution >= 4 is 24.0 Å². The predicted octanol–water partition coefficient (Wildman–Crippen LogP) is 0.993. The number of esters is 1. The van der Waals surface area contributed by atoms with Crippen LogP contribution in [0.1, 0.15) is 5.56 Å². The zero-order valence-corrected chi connectivity index (χ0v) is 11.1. The number of hydrogen-bond acceptors (Lipinski definition) is 4. The Morgan fingerprint density at radius 3 is 2.40 bits per heavy atom. The minimum atomic E-state index is -4.23. The standard InChI is InChI=1S/C12H12ClF2NO4/c1-20-10(18)9(16-7-17)11(19,12(13,14)15)8-5-3-2-4-6-8/h2-7,9,19H,1H3,(H,16,17)/t9-,11+/m1/s1. The van der Waals surface area contributed by atoms with Gasteiger partial charge >= 0.3 is 11.4 Å². The number of rotatable bonds is 6. The lowest BCUT2D eigenvalue weighted by molar-refractivity contribution is -0.179. The van der Waals surface area contributed by atoms with Crippen molar-refractivity contribution in [2.24, 2.45) is 0 Å². The number of alkyl halides is 3. The zero-order chi connectivity index (χ0) is 15.4. The van der Waals surface area contributed by atoms with Crippen molar-refractivity contribution in [1.29, 1.82) is 0 Å². The van der Waals surface area contributed by atoms with E-state index in [0.717, 1.165) is 19.2 Å². The van der Waals surface area contributed by atoms with Crippen LogP contribution in [0.3, 0.4) is 0 Å². The molecule has 0 aliphatic heterocycles. The summed E-state index contributed by atoms with van der Waals surface area (Å²) < 4.78 is 31.7. The Kier molecular flexibility index (Phi) is 5.02. The van der Waals surface area contributed by atoms with E-state index in [-0.39, 0.29) is 12.0 Å². The first-order valence-corrected chi connectivity index (χ1v) is 5.79. The van der Waals surface area contributed by atoms with Crippen molar-refractivity contribution in [1.82, 2.24) is 5.32 Å². The number of carbonyl (C=O) groups excluding carboxylic acids is 2. The Hall–Kier alpha value is -1.73. The van der Waals surface area contributed by atoms with Crippen LogP contribution in [0.5, 0.6) is 0 Å². The molecule has 2 N–H and O–H groups in total. The third-order valence-electron chi connectivity index (χ3n) is 2.74. The molecule has 0 saturated carbocycles. The number of ether oxygens (including phenoxy) is 1. The van der Waals surface area contributed by atoms with Crippen LogP contribution in [0.25, 0.3) is 0 Å². The van der Waals surface area contributed by atoms with Gasteiger partial charge in [-0.05, 0) is 17.2 Å². The first kappa shape index (κ1) is 16.3. The first-order valence-electron chi connectivity index (χ1n) is 5.41. The number of aliphatic hydroxyl groups is 1. The summed E-state index contributed by atoms with van der Waals surface area (Å²) in [5.74, 6) is -1.26. The molecule has 1 amide bonds. The van der Waals surface area contributed by atoms with Crippen molar-refractivity contribution in [2.45, 2.75) is 17.0 Å². The minimum absolute atomic E-state index is 0.00186. The molecule has 5 nitrogen and oxygen atoms in total. The third-order valence-corrected chi connectivity index (χ3v) is 3.02. The number of benzene rings is 1. The summed E-state index contributed by atoms with van der Waals surface area (Å²) in [6.45, 7) is 0. The number of methoxy groups -OCH3 is 1. The maximum atomic E-state index is 13.7. The maximum absolute atomic E-state index is 13.7. The molecule has 0 saturated heterocycles. The van der Waals surface area contributed by atoms with E-state index in [1.807, 2.05) is 5.32 Å². The van der Waals surface area contributed by atoms with Gasteiger partial charge in [0.15, 0.2) is 11.6 Å². The average molecular weight is 308 g/mol. The van der Waals surface area contributed by atoms with Gasteiger partial charge in [0, 0.05) is 0 Å². The van der Waals surface area contributed by atoms with E-state index in [9.17, 15) is 23.5 Å². The second-order valence-corrected chi connectivity index (χ2v) is 4.35. The molecule has 0 bridgehead atoms. The molecular weight excluding hydrogens is 296 g/mol. The highest BCUT2D eigenvalue weighted by Crippen LogP contribution is 2.43. The molecule has 1 aromatic rings. The number of halogens is 3. The van der Waals surface area contributed by atoms with Crippen molar-refractivity contribution < 1.29 is 28.2 Å². The molecule has 2 atom stereocenters. The third kappa shape index (κ3) is 2.88. The smallest absolute Gasteiger partial charge is 0.356 e. The van der Waals surface area contributed by atoms with E-state index >= 15 is 0 Å². The molecule has 0 unspecified atom stereocenters. The van der Waals surface area contributed by atoms with Crippen LogP contribution < -0.4 is 5.32 Å². The molecule has 1 aromatic carbocycles. The Bertz CT molecular complexity index is 480. The van der Waals surface area contributed by atoms with Crippen LogP contribution >= 0.6 is 11.6 Å². The van der Waals surface area contributed by atoms with Gasteiger partial charge in [0.25, 0.3) is 0 Å². The minimum Gasteiger partial charge on any atom is -0.467 e. The van der Waals surface area contributed by atoms with Crippen LogP contribution in [-0.2, 0) is 19.9 Å². The highest BCUT2D eigenvalue weighted by molar-refractivity contribution is 6.22. The van der Waals surface area contributed by atoms with Gasteiger partial charge in [-0.15, -0.1) is 0 Å². The van der Waals surface area contributed by atoms with Crippen LogP contribution in [0.15, 0.2) is 30.3 Å². The van der Waals surface area contributed by atoms with Gasteiger partial charge in [-0.25, -0.2) is 4.79 Å². The summed E-state index contributed by atoms with van der Waals surface area (Å²) >= 11 is 4.96. The lowest BCUT2D eigenvalue weighted by Crippen LogP contribution is -2.60. The highest BCUT2D eigenvalue weighted by atomic mass is 35.5. The molecule has 8 heteroatoms. The van der Waals surface area contributed by atoms with Gasteiger partial charge in [0.05, 0.1) is 7.11 Å². The van der Waals surface area contributed by atoms with Crippen LogP contribution in [0, 0.1) is 0 Å². The molecule has 0 heterocycles. The van der Waals surface area contributed by atoms with Crippen molar-refractivity contribution in [3.05, 3.63) is 35.9 Å². The molecule has 0 aliphatic rings. The molecule has 0 spiro atoms. The van der Waals surface area contributed by atoms with E-state index in [0.29, 0.717) is 0 Å². The fraction of sp³-hybridized carbons (Fsp3) is 0.333. The summed E-state index contributed by atoms with van der Waals surface area (Å²) in [4.78, 5) is 22.1. The summed E-state index contributed by atoms with van der Waals surface area (Å²) in [5.41, 5.74) is -3.51. The predicted molar refractivity (Wildman–Crippen MR) is 66.1 cm³/mol. The van der Waals surface area contributed by atoms with Crippen LogP contribution in [-0.4, -0.2) is 36.0 Å². The molecule has 110 valence electrons. The van der Waals surface area contributed by atoms with Crippen LogP contribution in [0.2, 0.25) is 0 Å². The van der Waals surface area contributed by atoms with Crippen molar-refractivity contribution in [3.8, 4) is 0 Å². The lowest BCUT2D eigenvalue weighted by Gasteiger charge is -2.37. The van der Waals surface area contributed by atoms with Gasteiger partial charge in [-0.2, -0.15) is 8.78 Å². The van der Waals surface area contributed by atoms with E-state index in [1.165, 1.54) is 18.2 Å². The van der Waals surface area contributed by atoms with E-state index in [1.54, 1.807) is 0 Å². The fourth-order valence-corrected chi connectivity index (χ4v) is 1.95. The zero-order valence-electron chi connectivity index (χ0n) is 10.3. The summed E-state index contributed by atoms with van der Waals surface area (Å²) in [6, 6.07) is 4.50. The van der Waals surface area contributed by atoms with Gasteiger partial charge in [-0.3, -0.25) is 4.79 Å². The molecule has 0 aliphatic carbocycles. The SMILES string of the molecule is COC(=O)[C@@H](NC=O)[C@@](O)(c1ccccc1)C(F)(F)Cl. The van der Waals surface area contributed by atoms with Crippen LogP contribution in [0.4, 0.5) is 8.78 Å². The molecule has 0 radical (unpaired) electrons. The molecule has 20 heavy (non-hydrogen) atoms. The van der Waals surface area contributed by atoms with E-state index in [4.69, 9.17) is 11.6 Å². The second kappa shape index (κ2) is 6.15. The maximum Gasteiger partial charge on any atom is 0.356 e. The lowest BCUT2D eigenvalue weighted by atomic mass is 9.86. The highest BCUT2D eigenvalue weighted by Gasteiger charge is 2.60. The number of nitrogens with one attached hydrogen (secondary N) is 1. The van der Waals surface area contributed by atoms with Crippen molar-refractivity contribution in [2.75, 3.05) is 7.11 Å².